The maximum Gasteiger partial charge on any atom is 0.355 e. The number of methoxy groups -OCH3 is 1. The van der Waals surface area contributed by atoms with Crippen molar-refractivity contribution in [2.24, 2.45) is 10.5 Å². The van der Waals surface area contributed by atoms with Crippen LogP contribution in [0.3, 0.4) is 0 Å². The number of benzene rings is 3. The number of hydrogen-bond donors (Lipinski definition) is 1. The summed E-state index contributed by atoms with van der Waals surface area (Å²) in [6.07, 6.45) is 0. The number of nitrogens with one attached hydrogen (secondary N) is 1. The molecule has 2 atom stereocenters. The highest BCUT2D eigenvalue weighted by molar-refractivity contribution is 6.50. The quantitative estimate of drug-likeness (QED) is 0.463. The molecule has 7 nitrogen and oxygen atoms in total. The number of carbonyl (C=O) groups is 3. The fourth-order valence-electron chi connectivity index (χ4n) is 6.81. The van der Waals surface area contributed by atoms with Crippen LogP contribution in [0.1, 0.15) is 34.1 Å². The molecule has 3 aromatic carbocycles. The molecule has 0 spiro atoms. The van der Waals surface area contributed by atoms with E-state index in [1.807, 2.05) is 48.5 Å². The molecule has 35 heavy (non-hydrogen) atoms. The minimum atomic E-state index is -1.67. The first-order valence-corrected chi connectivity index (χ1v) is 11.2. The van der Waals surface area contributed by atoms with Gasteiger partial charge in [0.05, 0.1) is 12.8 Å². The minimum absolute atomic E-state index is 0.123. The standard InChI is InChI=1S/C27H18FN3O4/c1-35-23(32)22-26-20-16-6-2-4-8-18(16)21(19-9-5-3-7-17(19)20)27(26,30-29-22)25(34)31(24(26)33)15-12-10-14(28)11-13-15/h2-13,20-21,30H,1H3. The first kappa shape index (κ1) is 20.1. The third-order valence-corrected chi connectivity index (χ3v) is 7.99. The van der Waals surface area contributed by atoms with Gasteiger partial charge in [0.25, 0.3) is 11.8 Å². The monoisotopic (exact) mass is 467 g/mol. The van der Waals surface area contributed by atoms with E-state index in [9.17, 15) is 18.8 Å². The summed E-state index contributed by atoms with van der Waals surface area (Å²) in [5.41, 5.74) is 3.41. The molecule has 2 heterocycles. The van der Waals surface area contributed by atoms with Crippen molar-refractivity contribution in [3.8, 4) is 0 Å². The zero-order chi connectivity index (χ0) is 24.1. The molecular weight excluding hydrogens is 449 g/mol. The van der Waals surface area contributed by atoms with Gasteiger partial charge in [-0.2, -0.15) is 5.10 Å². The number of esters is 1. The van der Waals surface area contributed by atoms with Gasteiger partial charge in [0, 0.05) is 11.8 Å². The number of amides is 2. The van der Waals surface area contributed by atoms with Gasteiger partial charge < -0.3 is 4.74 Å². The third kappa shape index (κ3) is 2.00. The van der Waals surface area contributed by atoms with E-state index in [2.05, 4.69) is 10.5 Å². The van der Waals surface area contributed by atoms with Crippen LogP contribution in [0.2, 0.25) is 0 Å². The van der Waals surface area contributed by atoms with E-state index < -0.39 is 46.4 Å². The highest BCUT2D eigenvalue weighted by Gasteiger charge is 2.85. The number of carbonyl (C=O) groups excluding carboxylic acids is 3. The van der Waals surface area contributed by atoms with E-state index in [0.29, 0.717) is 0 Å². The molecule has 0 radical (unpaired) electrons. The minimum Gasteiger partial charge on any atom is -0.464 e. The van der Waals surface area contributed by atoms with Crippen molar-refractivity contribution in [2.75, 3.05) is 12.0 Å². The molecule has 0 saturated carbocycles. The SMILES string of the molecule is COC(=O)C1=NNC23C(=O)N(c4ccc(F)cc4)C(=O)C12C1c2ccccc2C3c2ccccc21. The first-order valence-electron chi connectivity index (χ1n) is 11.2. The molecule has 5 aliphatic rings. The Labute approximate surface area is 199 Å². The van der Waals surface area contributed by atoms with Crippen molar-refractivity contribution in [1.82, 2.24) is 5.43 Å². The summed E-state index contributed by atoms with van der Waals surface area (Å²) in [5.74, 6) is -3.62. The van der Waals surface area contributed by atoms with Crippen LogP contribution in [0.15, 0.2) is 77.9 Å². The van der Waals surface area contributed by atoms with E-state index in [0.717, 1.165) is 27.2 Å². The molecule has 2 bridgehead atoms. The van der Waals surface area contributed by atoms with Crippen molar-refractivity contribution >= 4 is 29.2 Å². The fourth-order valence-corrected chi connectivity index (χ4v) is 6.81. The predicted molar refractivity (Wildman–Crippen MR) is 123 cm³/mol. The maximum absolute atomic E-state index is 14.6. The van der Waals surface area contributed by atoms with Crippen LogP contribution in [0, 0.1) is 11.2 Å². The molecule has 8 rings (SSSR count). The van der Waals surface area contributed by atoms with Gasteiger partial charge in [0.2, 0.25) is 0 Å². The highest BCUT2D eigenvalue weighted by Crippen LogP contribution is 2.70. The molecule has 3 aliphatic carbocycles. The lowest BCUT2D eigenvalue weighted by Crippen LogP contribution is -2.69. The van der Waals surface area contributed by atoms with Crippen LogP contribution < -0.4 is 10.3 Å². The Bertz CT molecular complexity index is 1470. The predicted octanol–water partition coefficient (Wildman–Crippen LogP) is 2.85. The van der Waals surface area contributed by atoms with Gasteiger partial charge in [-0.1, -0.05) is 48.5 Å². The second-order valence-corrected chi connectivity index (χ2v) is 9.23. The Balaban J connectivity index is 1.60. The molecule has 2 amide bonds. The summed E-state index contributed by atoms with van der Waals surface area (Å²) in [7, 11) is 1.23. The number of hydrazone groups is 1. The summed E-state index contributed by atoms with van der Waals surface area (Å²) < 4.78 is 18.8. The van der Waals surface area contributed by atoms with Crippen molar-refractivity contribution in [3.05, 3.63) is 101 Å². The lowest BCUT2D eigenvalue weighted by Gasteiger charge is -2.55. The summed E-state index contributed by atoms with van der Waals surface area (Å²) in [5, 5.41) is 4.33. The molecule has 3 aromatic rings. The lowest BCUT2D eigenvalue weighted by molar-refractivity contribution is -0.135. The summed E-state index contributed by atoms with van der Waals surface area (Å²) in [6, 6.07) is 20.5. The fraction of sp³-hybridized carbons (Fsp3) is 0.185. The Morgan fingerprint density at radius 1 is 0.886 bits per heavy atom. The van der Waals surface area contributed by atoms with Crippen LogP contribution in [0.25, 0.3) is 0 Å². The number of rotatable bonds is 2. The van der Waals surface area contributed by atoms with E-state index >= 15 is 0 Å². The average molecular weight is 467 g/mol. The summed E-state index contributed by atoms with van der Waals surface area (Å²) in [4.78, 5) is 43.2. The zero-order valence-corrected chi connectivity index (χ0v) is 18.5. The van der Waals surface area contributed by atoms with Crippen LogP contribution >= 0.6 is 0 Å². The Morgan fingerprint density at radius 2 is 1.43 bits per heavy atom. The van der Waals surface area contributed by atoms with Crippen LogP contribution in [0.5, 0.6) is 0 Å². The number of ether oxygens (including phenoxy) is 1. The highest BCUT2D eigenvalue weighted by atomic mass is 19.1. The van der Waals surface area contributed by atoms with Crippen molar-refractivity contribution in [3.63, 3.8) is 0 Å². The first-order chi connectivity index (χ1) is 17.0. The van der Waals surface area contributed by atoms with Gasteiger partial charge in [-0.05, 0) is 46.5 Å². The molecule has 0 aromatic heterocycles. The average Bonchev–Trinajstić information content (AvgIpc) is 3.36. The largest absolute Gasteiger partial charge is 0.464 e. The van der Waals surface area contributed by atoms with Crippen molar-refractivity contribution in [2.45, 2.75) is 17.4 Å². The van der Waals surface area contributed by atoms with Gasteiger partial charge in [-0.3, -0.25) is 15.0 Å². The van der Waals surface area contributed by atoms with Crippen LogP contribution in [-0.2, 0) is 19.1 Å². The molecule has 172 valence electrons. The van der Waals surface area contributed by atoms with Gasteiger partial charge in [-0.15, -0.1) is 0 Å². The second kappa shape index (κ2) is 6.41. The molecular formula is C27H18FN3O4. The molecule has 2 unspecified atom stereocenters. The Kier molecular flexibility index (Phi) is 3.68. The van der Waals surface area contributed by atoms with Gasteiger partial charge >= 0.3 is 5.97 Å². The van der Waals surface area contributed by atoms with E-state index in [1.54, 1.807) is 0 Å². The number of nitrogens with zero attached hydrogens (tertiary/aromatic N) is 2. The number of halogens is 1. The van der Waals surface area contributed by atoms with Gasteiger partial charge in [0.1, 0.15) is 11.2 Å². The third-order valence-electron chi connectivity index (χ3n) is 7.99. The number of anilines is 1. The summed E-state index contributed by atoms with van der Waals surface area (Å²) in [6.45, 7) is 0. The number of hydrogen-bond acceptors (Lipinski definition) is 6. The Morgan fingerprint density at radius 3 is 1.97 bits per heavy atom. The zero-order valence-electron chi connectivity index (χ0n) is 18.5. The van der Waals surface area contributed by atoms with E-state index in [-0.39, 0.29) is 11.4 Å². The molecule has 1 fully saturated rings. The van der Waals surface area contributed by atoms with E-state index in [1.165, 1.54) is 31.4 Å². The van der Waals surface area contributed by atoms with Gasteiger partial charge in [0.15, 0.2) is 11.3 Å². The molecule has 1 saturated heterocycles. The lowest BCUT2D eigenvalue weighted by atomic mass is 9.43. The van der Waals surface area contributed by atoms with Crippen molar-refractivity contribution < 1.29 is 23.5 Å². The summed E-state index contributed by atoms with van der Waals surface area (Å²) >= 11 is 0. The van der Waals surface area contributed by atoms with E-state index in [4.69, 9.17) is 4.74 Å². The Hall–Kier alpha value is -4.33. The van der Waals surface area contributed by atoms with Gasteiger partial charge in [-0.25, -0.2) is 14.1 Å². The number of imide groups is 1. The maximum atomic E-state index is 14.6. The van der Waals surface area contributed by atoms with Crippen molar-refractivity contribution in [1.29, 1.82) is 0 Å². The van der Waals surface area contributed by atoms with Crippen LogP contribution in [0.4, 0.5) is 10.1 Å². The molecule has 1 N–H and O–H groups in total. The topological polar surface area (TPSA) is 88.1 Å². The van der Waals surface area contributed by atoms with Crippen LogP contribution in [-0.4, -0.2) is 36.1 Å². The second-order valence-electron chi connectivity index (χ2n) is 9.23. The normalized spacial score (nSPS) is 29.1. The molecule has 2 aliphatic heterocycles. The smallest absolute Gasteiger partial charge is 0.355 e. The molecule has 8 heteroatoms.